The Labute approximate surface area is 212 Å². The number of piperazine rings is 1. The highest BCUT2D eigenvalue weighted by Gasteiger charge is 2.47. The van der Waals surface area contributed by atoms with Crippen LogP contribution in [0.25, 0.3) is 0 Å². The number of rotatable bonds is 7. The predicted molar refractivity (Wildman–Crippen MR) is 137 cm³/mol. The molecule has 36 heavy (non-hydrogen) atoms. The van der Waals surface area contributed by atoms with Crippen LogP contribution in [0.5, 0.6) is 0 Å². The molecule has 4 aromatic rings. The number of carbonyl (C=O) groups excluding carboxylic acids is 1. The summed E-state index contributed by atoms with van der Waals surface area (Å²) in [7, 11) is -3.64. The largest absolute Gasteiger partial charge is 0.463 e. The Hall–Kier alpha value is -3.52. The van der Waals surface area contributed by atoms with E-state index in [1.807, 2.05) is 72.8 Å². The summed E-state index contributed by atoms with van der Waals surface area (Å²) >= 11 is 0. The van der Waals surface area contributed by atoms with E-state index in [2.05, 4.69) is 0 Å². The van der Waals surface area contributed by atoms with E-state index >= 15 is 0 Å². The number of hydrogen-bond donors (Lipinski definition) is 0. The van der Waals surface area contributed by atoms with E-state index < -0.39 is 15.9 Å². The second-order valence-corrected chi connectivity index (χ2v) is 11.1. The molecule has 2 heterocycles. The van der Waals surface area contributed by atoms with Crippen molar-refractivity contribution in [3.8, 4) is 0 Å². The summed E-state index contributed by atoms with van der Waals surface area (Å²) in [6, 6.07) is 31.7. The van der Waals surface area contributed by atoms with Crippen LogP contribution in [0, 0.1) is 0 Å². The zero-order valence-corrected chi connectivity index (χ0v) is 20.8. The molecule has 0 unspecified atom stereocenters. The lowest BCUT2D eigenvalue weighted by molar-refractivity contribution is -0.873. The molecule has 1 aliphatic heterocycles. The minimum Gasteiger partial charge on any atom is -0.463 e. The molecule has 1 saturated heterocycles. The lowest BCUT2D eigenvalue weighted by atomic mass is 9.88. The maximum atomic E-state index is 14.5. The highest BCUT2D eigenvalue weighted by molar-refractivity contribution is 7.89. The average molecular weight is 502 g/mol. The average Bonchev–Trinajstić information content (AvgIpc) is 3.44. The molecule has 0 saturated carbocycles. The molecule has 0 N–H and O–H groups in total. The Balaban J connectivity index is 1.50. The van der Waals surface area contributed by atoms with Crippen molar-refractivity contribution in [3.05, 3.63) is 126 Å². The van der Waals surface area contributed by atoms with Crippen LogP contribution in [0.4, 0.5) is 0 Å². The van der Waals surface area contributed by atoms with Crippen LogP contribution >= 0.6 is 0 Å². The van der Waals surface area contributed by atoms with Gasteiger partial charge in [0.1, 0.15) is 25.6 Å². The fraction of sp³-hybridized carbons (Fsp3) is 0.207. The van der Waals surface area contributed by atoms with Crippen molar-refractivity contribution in [2.75, 3.05) is 26.2 Å². The van der Waals surface area contributed by atoms with E-state index in [1.54, 1.807) is 36.6 Å². The summed E-state index contributed by atoms with van der Waals surface area (Å²) in [4.78, 5) is 14.8. The van der Waals surface area contributed by atoms with E-state index in [4.69, 9.17) is 4.42 Å². The van der Waals surface area contributed by atoms with Crippen LogP contribution in [0.15, 0.2) is 119 Å². The predicted octanol–water partition coefficient (Wildman–Crippen LogP) is 4.66. The summed E-state index contributed by atoms with van der Waals surface area (Å²) in [6.45, 7) is 1.60. The fourth-order valence-corrected chi connectivity index (χ4v) is 6.45. The van der Waals surface area contributed by atoms with Gasteiger partial charge in [0.15, 0.2) is 5.76 Å². The molecule has 6 nitrogen and oxygen atoms in total. The Morgan fingerprint density at radius 2 is 1.31 bits per heavy atom. The second kappa shape index (κ2) is 10.2. The van der Waals surface area contributed by atoms with Crippen LogP contribution in [-0.4, -0.2) is 49.3 Å². The van der Waals surface area contributed by atoms with Crippen molar-refractivity contribution in [2.45, 2.75) is 17.4 Å². The van der Waals surface area contributed by atoms with Gasteiger partial charge >= 0.3 is 5.91 Å². The Bertz CT molecular complexity index is 1340. The molecule has 3 aromatic carbocycles. The van der Waals surface area contributed by atoms with Gasteiger partial charge in [-0.2, -0.15) is 4.31 Å². The second-order valence-electron chi connectivity index (χ2n) is 9.14. The first-order valence-electron chi connectivity index (χ1n) is 12.1. The van der Waals surface area contributed by atoms with Crippen molar-refractivity contribution in [1.82, 2.24) is 4.31 Å². The van der Waals surface area contributed by atoms with Crippen molar-refractivity contribution >= 4 is 15.9 Å². The van der Waals surface area contributed by atoms with Gasteiger partial charge in [0.25, 0.3) is 0 Å². The molecule has 1 fully saturated rings. The number of nitrogens with zero attached hydrogens (tertiary/aromatic N) is 2. The van der Waals surface area contributed by atoms with Gasteiger partial charge in [-0.1, -0.05) is 78.9 Å². The molecule has 0 atom stereocenters. The van der Waals surface area contributed by atoms with E-state index in [9.17, 15) is 13.2 Å². The summed E-state index contributed by atoms with van der Waals surface area (Å²) in [5.74, 6) is 0.280. The fourth-order valence-electron chi connectivity index (χ4n) is 5.01. The smallest absolute Gasteiger partial charge is 0.326 e. The van der Waals surface area contributed by atoms with Gasteiger partial charge in [-0.3, -0.25) is 4.48 Å². The molecule has 1 amide bonds. The van der Waals surface area contributed by atoms with Crippen molar-refractivity contribution in [3.63, 3.8) is 0 Å². The third kappa shape index (κ3) is 4.78. The Kier molecular flexibility index (Phi) is 6.87. The minimum absolute atomic E-state index is 0.0422. The van der Waals surface area contributed by atoms with Gasteiger partial charge in [0.2, 0.25) is 10.0 Å². The van der Waals surface area contributed by atoms with E-state index in [0.29, 0.717) is 25.4 Å². The summed E-state index contributed by atoms with van der Waals surface area (Å²) in [6.07, 6.45) is 1.61. The van der Waals surface area contributed by atoms with Crippen molar-refractivity contribution in [2.24, 2.45) is 0 Å². The minimum atomic E-state index is -3.64. The SMILES string of the molecule is O=C(C(c1ccccc1)c1ccccc1)[N+]1(Cc2ccco2)CCN(S(=O)(=O)c2ccccc2)CC1. The van der Waals surface area contributed by atoms with Crippen molar-refractivity contribution in [1.29, 1.82) is 0 Å². The lowest BCUT2D eigenvalue weighted by Crippen LogP contribution is -2.63. The molecule has 0 aliphatic carbocycles. The topological polar surface area (TPSA) is 67.6 Å². The van der Waals surface area contributed by atoms with E-state index in [-0.39, 0.29) is 28.4 Å². The lowest BCUT2D eigenvalue weighted by Gasteiger charge is -2.43. The van der Waals surface area contributed by atoms with Gasteiger partial charge in [-0.05, 0) is 35.4 Å². The molecule has 0 bridgehead atoms. The molecular formula is C29H29N2O4S+. The van der Waals surface area contributed by atoms with Gasteiger partial charge in [-0.15, -0.1) is 0 Å². The van der Waals surface area contributed by atoms with Crippen LogP contribution in [0.2, 0.25) is 0 Å². The summed E-state index contributed by atoms with van der Waals surface area (Å²) in [5, 5.41) is 0. The number of sulfonamides is 1. The highest BCUT2D eigenvalue weighted by Crippen LogP contribution is 2.33. The van der Waals surface area contributed by atoms with Crippen LogP contribution in [0.3, 0.4) is 0 Å². The summed E-state index contributed by atoms with van der Waals surface area (Å²) in [5.41, 5.74) is 1.84. The first-order valence-corrected chi connectivity index (χ1v) is 13.5. The molecule has 0 spiro atoms. The molecular weight excluding hydrogens is 472 g/mol. The normalized spacial score (nSPS) is 16.1. The van der Waals surface area contributed by atoms with E-state index in [1.165, 1.54) is 4.31 Å². The van der Waals surface area contributed by atoms with Crippen molar-refractivity contribution < 1.29 is 22.1 Å². The van der Waals surface area contributed by atoms with Crippen LogP contribution in [-0.2, 0) is 21.4 Å². The number of quaternary nitrogens is 1. The zero-order chi connectivity index (χ0) is 25.0. The quantitative estimate of drug-likeness (QED) is 0.346. The Morgan fingerprint density at radius 3 is 1.81 bits per heavy atom. The van der Waals surface area contributed by atoms with Gasteiger partial charge < -0.3 is 4.42 Å². The number of amides is 1. The van der Waals surface area contributed by atoms with Crippen LogP contribution < -0.4 is 0 Å². The standard InChI is InChI=1S/C29H29N2O4S/c32-29(28(24-11-4-1-5-12-24)25-13-6-2-7-14-25)31(23-26-15-10-22-35-26)20-18-30(19-21-31)36(33,34)27-16-8-3-9-17-27/h1-17,22,28H,18-21,23H2/q+1. The number of carbonyl (C=O) groups is 1. The zero-order valence-electron chi connectivity index (χ0n) is 19.9. The highest BCUT2D eigenvalue weighted by atomic mass is 32.2. The first kappa shape index (κ1) is 24.2. The first-order chi connectivity index (χ1) is 17.5. The molecule has 5 rings (SSSR count). The number of furan rings is 1. The maximum absolute atomic E-state index is 14.5. The maximum Gasteiger partial charge on any atom is 0.326 e. The van der Waals surface area contributed by atoms with Crippen LogP contribution in [0.1, 0.15) is 22.8 Å². The third-order valence-corrected chi connectivity index (χ3v) is 8.87. The molecule has 0 radical (unpaired) electrons. The molecule has 7 heteroatoms. The Morgan fingerprint density at radius 1 is 0.778 bits per heavy atom. The molecule has 1 aliphatic rings. The molecule has 1 aromatic heterocycles. The van der Waals surface area contributed by atoms with Gasteiger partial charge in [0.05, 0.1) is 24.2 Å². The monoisotopic (exact) mass is 501 g/mol. The van der Waals surface area contributed by atoms with Gasteiger partial charge in [-0.25, -0.2) is 13.2 Å². The summed E-state index contributed by atoms with van der Waals surface area (Å²) < 4.78 is 33.8. The molecule has 184 valence electrons. The van der Waals surface area contributed by atoms with Gasteiger partial charge in [0, 0.05) is 0 Å². The number of hydrogen-bond acceptors (Lipinski definition) is 4. The number of benzene rings is 3. The third-order valence-electron chi connectivity index (χ3n) is 6.95. The van der Waals surface area contributed by atoms with E-state index in [0.717, 1.165) is 11.1 Å².